The fourth-order valence-electron chi connectivity index (χ4n) is 3.59. The second-order valence-electron chi connectivity index (χ2n) is 7.88. The van der Waals surface area contributed by atoms with Gasteiger partial charge in [0.05, 0.1) is 13.1 Å². The topological polar surface area (TPSA) is 74.6 Å². The first kappa shape index (κ1) is 20.0. The van der Waals surface area contributed by atoms with Crippen molar-refractivity contribution in [1.29, 1.82) is 0 Å². The highest BCUT2D eigenvalue weighted by Crippen LogP contribution is 2.29. The minimum atomic E-state index is -0.0186. The highest BCUT2D eigenvalue weighted by atomic mass is 35.5. The van der Waals surface area contributed by atoms with E-state index in [9.17, 15) is 9.59 Å². The lowest BCUT2D eigenvalue weighted by Crippen LogP contribution is -2.47. The SMILES string of the molecule is O=C(CN1CCC(NC(=O)C2CC2)CC1)NCc1ccc(-c2ccc(Cl)cc2)o1. The Hall–Kier alpha value is -2.31. The van der Waals surface area contributed by atoms with Gasteiger partial charge in [-0.05, 0) is 62.1 Å². The number of carbonyl (C=O) groups is 2. The van der Waals surface area contributed by atoms with Crippen molar-refractivity contribution in [2.24, 2.45) is 5.92 Å². The van der Waals surface area contributed by atoms with Gasteiger partial charge in [-0.15, -0.1) is 0 Å². The molecule has 0 spiro atoms. The van der Waals surface area contributed by atoms with Gasteiger partial charge in [0.25, 0.3) is 0 Å². The van der Waals surface area contributed by atoms with Gasteiger partial charge in [-0.1, -0.05) is 11.6 Å². The van der Waals surface area contributed by atoms with Gasteiger partial charge < -0.3 is 15.1 Å². The average molecular weight is 416 g/mol. The molecule has 7 heteroatoms. The summed E-state index contributed by atoms with van der Waals surface area (Å²) in [7, 11) is 0. The molecule has 154 valence electrons. The van der Waals surface area contributed by atoms with Crippen LogP contribution in [-0.4, -0.2) is 42.4 Å². The van der Waals surface area contributed by atoms with E-state index >= 15 is 0 Å². The van der Waals surface area contributed by atoms with Crippen molar-refractivity contribution in [3.8, 4) is 11.3 Å². The third-order valence-corrected chi connectivity index (χ3v) is 5.75. The van der Waals surface area contributed by atoms with E-state index in [2.05, 4.69) is 15.5 Å². The summed E-state index contributed by atoms with van der Waals surface area (Å²) in [6.45, 7) is 2.38. The summed E-state index contributed by atoms with van der Waals surface area (Å²) in [6, 6.07) is 11.5. The molecule has 2 aliphatic rings. The van der Waals surface area contributed by atoms with E-state index in [-0.39, 0.29) is 23.8 Å². The van der Waals surface area contributed by atoms with Crippen LogP contribution >= 0.6 is 11.6 Å². The first-order chi connectivity index (χ1) is 14.1. The van der Waals surface area contributed by atoms with Crippen molar-refractivity contribution in [3.63, 3.8) is 0 Å². The molecule has 1 aromatic carbocycles. The smallest absolute Gasteiger partial charge is 0.234 e. The number of benzene rings is 1. The number of piperidine rings is 1. The molecule has 0 unspecified atom stereocenters. The Labute approximate surface area is 175 Å². The summed E-state index contributed by atoms with van der Waals surface area (Å²) in [4.78, 5) is 26.3. The van der Waals surface area contributed by atoms with E-state index in [1.807, 2.05) is 36.4 Å². The number of hydrogen-bond acceptors (Lipinski definition) is 4. The molecular weight excluding hydrogens is 390 g/mol. The molecule has 1 aliphatic carbocycles. The van der Waals surface area contributed by atoms with Crippen LogP contribution in [0.5, 0.6) is 0 Å². The zero-order valence-corrected chi connectivity index (χ0v) is 17.1. The minimum Gasteiger partial charge on any atom is -0.459 e. The maximum Gasteiger partial charge on any atom is 0.234 e. The molecule has 2 N–H and O–H groups in total. The zero-order valence-electron chi connectivity index (χ0n) is 16.3. The predicted molar refractivity (Wildman–Crippen MR) is 111 cm³/mol. The van der Waals surface area contributed by atoms with Gasteiger partial charge in [-0.25, -0.2) is 0 Å². The lowest BCUT2D eigenvalue weighted by molar-refractivity contribution is -0.125. The summed E-state index contributed by atoms with van der Waals surface area (Å²) < 4.78 is 5.81. The second kappa shape index (κ2) is 9.01. The molecule has 0 atom stereocenters. The van der Waals surface area contributed by atoms with E-state index < -0.39 is 0 Å². The van der Waals surface area contributed by atoms with Crippen LogP contribution < -0.4 is 10.6 Å². The van der Waals surface area contributed by atoms with Crippen molar-refractivity contribution in [3.05, 3.63) is 47.2 Å². The number of halogens is 1. The van der Waals surface area contributed by atoms with E-state index in [1.165, 1.54) is 0 Å². The highest BCUT2D eigenvalue weighted by molar-refractivity contribution is 6.30. The van der Waals surface area contributed by atoms with Gasteiger partial charge in [0, 0.05) is 35.6 Å². The van der Waals surface area contributed by atoms with Crippen LogP contribution in [0, 0.1) is 5.92 Å². The molecule has 1 saturated carbocycles. The summed E-state index contributed by atoms with van der Waals surface area (Å²) >= 11 is 5.91. The monoisotopic (exact) mass is 415 g/mol. The summed E-state index contributed by atoms with van der Waals surface area (Å²) in [5.41, 5.74) is 0.948. The van der Waals surface area contributed by atoms with E-state index in [1.54, 1.807) is 0 Å². The van der Waals surface area contributed by atoms with Crippen LogP contribution in [0.2, 0.25) is 5.02 Å². The quantitative estimate of drug-likeness (QED) is 0.728. The van der Waals surface area contributed by atoms with Gasteiger partial charge in [-0.3, -0.25) is 14.5 Å². The fourth-order valence-corrected chi connectivity index (χ4v) is 3.71. The molecule has 0 bridgehead atoms. The third kappa shape index (κ3) is 5.61. The van der Waals surface area contributed by atoms with Gasteiger partial charge in [0.15, 0.2) is 0 Å². The van der Waals surface area contributed by atoms with E-state index in [4.69, 9.17) is 16.0 Å². The number of likely N-dealkylation sites (tertiary alicyclic amines) is 1. The Balaban J connectivity index is 1.18. The molecule has 29 heavy (non-hydrogen) atoms. The molecule has 2 aromatic rings. The molecule has 1 aromatic heterocycles. The fraction of sp³-hybridized carbons (Fsp3) is 0.455. The van der Waals surface area contributed by atoms with Crippen molar-refractivity contribution >= 4 is 23.4 Å². The van der Waals surface area contributed by atoms with E-state index in [0.717, 1.165) is 50.1 Å². The van der Waals surface area contributed by atoms with Crippen LogP contribution in [-0.2, 0) is 16.1 Å². The number of amides is 2. The number of hydrogen-bond donors (Lipinski definition) is 2. The van der Waals surface area contributed by atoms with Crippen LogP contribution in [0.4, 0.5) is 0 Å². The van der Waals surface area contributed by atoms with Crippen LogP contribution in [0.3, 0.4) is 0 Å². The molecule has 2 heterocycles. The van der Waals surface area contributed by atoms with Crippen LogP contribution in [0.15, 0.2) is 40.8 Å². The molecule has 1 aliphatic heterocycles. The van der Waals surface area contributed by atoms with Crippen molar-refractivity contribution in [2.45, 2.75) is 38.3 Å². The Morgan fingerprint density at radius 2 is 1.76 bits per heavy atom. The number of furan rings is 1. The lowest BCUT2D eigenvalue weighted by atomic mass is 10.0. The highest BCUT2D eigenvalue weighted by Gasteiger charge is 2.31. The Kier molecular flexibility index (Phi) is 6.21. The average Bonchev–Trinajstić information content (AvgIpc) is 3.47. The summed E-state index contributed by atoms with van der Waals surface area (Å²) in [6.07, 6.45) is 3.85. The number of nitrogens with zero attached hydrogens (tertiary/aromatic N) is 1. The molecule has 0 radical (unpaired) electrons. The third-order valence-electron chi connectivity index (χ3n) is 5.50. The van der Waals surface area contributed by atoms with Crippen LogP contribution in [0.25, 0.3) is 11.3 Å². The molecule has 6 nitrogen and oxygen atoms in total. The largest absolute Gasteiger partial charge is 0.459 e. The molecule has 1 saturated heterocycles. The standard InChI is InChI=1S/C22H26ClN3O3/c23-17-5-3-15(4-6-17)20-8-7-19(29-20)13-24-21(27)14-26-11-9-18(10-12-26)25-22(28)16-1-2-16/h3-8,16,18H,1-2,9-14H2,(H,24,27)(H,25,28). The van der Waals surface area contributed by atoms with E-state index in [0.29, 0.717) is 23.9 Å². The van der Waals surface area contributed by atoms with Gasteiger partial charge >= 0.3 is 0 Å². The van der Waals surface area contributed by atoms with Gasteiger partial charge in [-0.2, -0.15) is 0 Å². The summed E-state index contributed by atoms with van der Waals surface area (Å²) in [5.74, 6) is 1.90. The first-order valence-electron chi connectivity index (χ1n) is 10.2. The predicted octanol–water partition coefficient (Wildman–Crippen LogP) is 3.21. The molecule has 2 fully saturated rings. The Morgan fingerprint density at radius 1 is 1.03 bits per heavy atom. The number of nitrogens with one attached hydrogen (secondary N) is 2. The van der Waals surface area contributed by atoms with Gasteiger partial charge in [0.1, 0.15) is 11.5 Å². The van der Waals surface area contributed by atoms with Crippen molar-refractivity contribution in [1.82, 2.24) is 15.5 Å². The lowest BCUT2D eigenvalue weighted by Gasteiger charge is -2.31. The van der Waals surface area contributed by atoms with Gasteiger partial charge in [0.2, 0.25) is 11.8 Å². The molecule has 4 rings (SSSR count). The maximum absolute atomic E-state index is 12.3. The second-order valence-corrected chi connectivity index (χ2v) is 8.32. The van der Waals surface area contributed by atoms with Crippen molar-refractivity contribution in [2.75, 3.05) is 19.6 Å². The Morgan fingerprint density at radius 3 is 2.45 bits per heavy atom. The normalized spacial score (nSPS) is 17.8. The minimum absolute atomic E-state index is 0.0186. The summed E-state index contributed by atoms with van der Waals surface area (Å²) in [5, 5.41) is 6.74. The number of rotatable bonds is 7. The Bertz CT molecular complexity index is 852. The van der Waals surface area contributed by atoms with Crippen LogP contribution in [0.1, 0.15) is 31.4 Å². The maximum atomic E-state index is 12.3. The first-order valence-corrected chi connectivity index (χ1v) is 10.6. The zero-order chi connectivity index (χ0) is 20.2. The van der Waals surface area contributed by atoms with Crippen molar-refractivity contribution < 1.29 is 14.0 Å². The number of carbonyl (C=O) groups excluding carboxylic acids is 2. The molecule has 2 amide bonds. The molecular formula is C22H26ClN3O3.